The maximum Gasteiger partial charge on any atom is 0.416 e. The minimum atomic E-state index is -4.52. The van der Waals surface area contributed by atoms with Crippen LogP contribution in [-0.4, -0.2) is 31.8 Å². The molecule has 1 unspecified atom stereocenters. The van der Waals surface area contributed by atoms with Gasteiger partial charge in [-0.1, -0.05) is 30.3 Å². The normalized spacial score (nSPS) is 24.1. The summed E-state index contributed by atoms with van der Waals surface area (Å²) in [6, 6.07) is 13.3. The fraction of sp³-hybridized carbons (Fsp3) is 0.480. The van der Waals surface area contributed by atoms with Crippen molar-refractivity contribution in [1.82, 2.24) is 9.62 Å². The quantitative estimate of drug-likeness (QED) is 0.614. The second-order valence-corrected chi connectivity index (χ2v) is 10.9. The molecule has 34 heavy (non-hydrogen) atoms. The molecule has 1 N–H and O–H groups in total. The minimum Gasteiger partial charge on any atom is -0.335 e. The van der Waals surface area contributed by atoms with Crippen LogP contribution < -0.4 is 4.72 Å². The first-order valence-electron chi connectivity index (χ1n) is 11.7. The van der Waals surface area contributed by atoms with Crippen molar-refractivity contribution in [3.63, 3.8) is 0 Å². The standard InChI is InChI=1S/C25H29F3N2O3S/c26-25(27,28)20-11-15-22(16-12-20)34(32,33)29-21-13-9-19(10-14-21)24(31)30-17-5-4-8-23(30)18-6-2-1-3-7-18/h1-3,6-7,11-12,15-16,19,21,23,29H,4-5,8-10,13-14,17H2. The van der Waals surface area contributed by atoms with E-state index in [0.717, 1.165) is 55.6 Å². The molecule has 0 radical (unpaired) electrons. The molecule has 2 aromatic carbocycles. The molecule has 2 fully saturated rings. The molecule has 0 aromatic heterocycles. The predicted octanol–water partition coefficient (Wildman–Crippen LogP) is 5.30. The third-order valence-corrected chi connectivity index (χ3v) is 8.40. The van der Waals surface area contributed by atoms with Gasteiger partial charge in [-0.25, -0.2) is 13.1 Å². The van der Waals surface area contributed by atoms with Crippen LogP contribution in [0.15, 0.2) is 59.5 Å². The third-order valence-electron chi connectivity index (χ3n) is 6.86. The van der Waals surface area contributed by atoms with E-state index in [2.05, 4.69) is 16.9 Å². The maximum atomic E-state index is 13.4. The Morgan fingerprint density at radius 3 is 2.15 bits per heavy atom. The first kappa shape index (κ1) is 24.7. The molecule has 0 bridgehead atoms. The van der Waals surface area contributed by atoms with Gasteiger partial charge in [0.1, 0.15) is 0 Å². The van der Waals surface area contributed by atoms with Crippen molar-refractivity contribution in [3.8, 4) is 0 Å². The summed E-state index contributed by atoms with van der Waals surface area (Å²) in [5, 5.41) is 0. The number of likely N-dealkylation sites (tertiary alicyclic amines) is 1. The summed E-state index contributed by atoms with van der Waals surface area (Å²) in [6.07, 6.45) is 0.681. The van der Waals surface area contributed by atoms with Gasteiger partial charge in [-0.2, -0.15) is 13.2 Å². The number of rotatable bonds is 5. The van der Waals surface area contributed by atoms with Crippen LogP contribution in [-0.2, 0) is 21.0 Å². The van der Waals surface area contributed by atoms with E-state index in [-0.39, 0.29) is 28.8 Å². The Morgan fingerprint density at radius 1 is 0.882 bits per heavy atom. The van der Waals surface area contributed by atoms with Crippen LogP contribution in [0.4, 0.5) is 13.2 Å². The number of hydrogen-bond donors (Lipinski definition) is 1. The molecule has 1 heterocycles. The van der Waals surface area contributed by atoms with Gasteiger partial charge >= 0.3 is 6.18 Å². The van der Waals surface area contributed by atoms with Crippen LogP contribution >= 0.6 is 0 Å². The highest BCUT2D eigenvalue weighted by molar-refractivity contribution is 7.89. The number of nitrogens with one attached hydrogen (secondary N) is 1. The number of amides is 1. The lowest BCUT2D eigenvalue weighted by atomic mass is 9.84. The average molecular weight is 495 g/mol. The van der Waals surface area contributed by atoms with Gasteiger partial charge in [0.15, 0.2) is 0 Å². The number of alkyl halides is 3. The zero-order valence-corrected chi connectivity index (χ0v) is 19.6. The molecule has 1 atom stereocenters. The van der Waals surface area contributed by atoms with Crippen LogP contribution in [0, 0.1) is 5.92 Å². The van der Waals surface area contributed by atoms with E-state index in [1.54, 1.807) is 0 Å². The van der Waals surface area contributed by atoms with Crippen LogP contribution in [0.25, 0.3) is 0 Å². The molecule has 0 spiro atoms. The molecular formula is C25H29F3N2O3S. The largest absolute Gasteiger partial charge is 0.416 e. The van der Waals surface area contributed by atoms with Gasteiger partial charge in [-0.3, -0.25) is 4.79 Å². The maximum absolute atomic E-state index is 13.4. The van der Waals surface area contributed by atoms with Gasteiger partial charge in [-0.15, -0.1) is 0 Å². The summed E-state index contributed by atoms with van der Waals surface area (Å²) in [5.74, 6) is -0.00580. The Balaban J connectivity index is 1.36. The molecule has 1 aliphatic heterocycles. The number of halogens is 3. The molecule has 4 rings (SSSR count). The number of benzene rings is 2. The lowest BCUT2D eigenvalue weighted by molar-refractivity contribution is -0.140. The van der Waals surface area contributed by atoms with Crippen LogP contribution in [0.5, 0.6) is 0 Å². The van der Waals surface area contributed by atoms with Gasteiger partial charge in [-0.05, 0) is 74.8 Å². The number of sulfonamides is 1. The summed E-state index contributed by atoms with van der Waals surface area (Å²) < 4.78 is 66.2. The second-order valence-electron chi connectivity index (χ2n) is 9.15. The van der Waals surface area contributed by atoms with Gasteiger partial charge in [0.25, 0.3) is 0 Å². The zero-order chi connectivity index (χ0) is 24.3. The monoisotopic (exact) mass is 494 g/mol. The van der Waals surface area contributed by atoms with Crippen molar-refractivity contribution in [2.75, 3.05) is 6.54 Å². The fourth-order valence-electron chi connectivity index (χ4n) is 5.02. The molecule has 1 aliphatic carbocycles. The summed E-state index contributed by atoms with van der Waals surface area (Å²) in [6.45, 7) is 0.735. The summed E-state index contributed by atoms with van der Waals surface area (Å²) >= 11 is 0. The molecule has 2 aromatic rings. The van der Waals surface area contributed by atoms with Crippen molar-refractivity contribution < 1.29 is 26.4 Å². The van der Waals surface area contributed by atoms with Gasteiger partial charge in [0.05, 0.1) is 16.5 Å². The van der Waals surface area contributed by atoms with Crippen molar-refractivity contribution in [2.24, 2.45) is 5.92 Å². The topological polar surface area (TPSA) is 66.5 Å². The van der Waals surface area contributed by atoms with Crippen molar-refractivity contribution in [3.05, 3.63) is 65.7 Å². The number of hydrogen-bond acceptors (Lipinski definition) is 3. The van der Waals surface area contributed by atoms with Gasteiger partial charge in [0.2, 0.25) is 15.9 Å². The van der Waals surface area contributed by atoms with Crippen molar-refractivity contribution >= 4 is 15.9 Å². The summed E-state index contributed by atoms with van der Waals surface area (Å²) in [4.78, 5) is 15.2. The molecule has 1 amide bonds. The highest BCUT2D eigenvalue weighted by atomic mass is 32.2. The molecule has 184 valence electrons. The average Bonchev–Trinajstić information content (AvgIpc) is 2.84. The fourth-order valence-corrected chi connectivity index (χ4v) is 6.33. The highest BCUT2D eigenvalue weighted by Gasteiger charge is 2.36. The molecule has 5 nitrogen and oxygen atoms in total. The van der Waals surface area contributed by atoms with Crippen LogP contribution in [0.3, 0.4) is 0 Å². The van der Waals surface area contributed by atoms with E-state index in [4.69, 9.17) is 0 Å². The number of nitrogens with zero attached hydrogens (tertiary/aromatic N) is 1. The molecule has 2 aliphatic rings. The van der Waals surface area contributed by atoms with Crippen LogP contribution in [0.2, 0.25) is 0 Å². The Hall–Kier alpha value is -2.39. The first-order valence-corrected chi connectivity index (χ1v) is 13.2. The summed E-state index contributed by atoms with van der Waals surface area (Å²) in [7, 11) is -3.94. The van der Waals surface area contributed by atoms with Gasteiger partial charge < -0.3 is 4.90 Å². The minimum absolute atomic E-state index is 0.0818. The Kier molecular flexibility index (Phi) is 7.33. The van der Waals surface area contributed by atoms with Gasteiger partial charge in [0, 0.05) is 18.5 Å². The first-order chi connectivity index (χ1) is 16.1. The van der Waals surface area contributed by atoms with E-state index in [0.29, 0.717) is 25.7 Å². The van der Waals surface area contributed by atoms with E-state index in [9.17, 15) is 26.4 Å². The smallest absolute Gasteiger partial charge is 0.335 e. The molecule has 1 saturated carbocycles. The lowest BCUT2D eigenvalue weighted by Crippen LogP contribution is -2.45. The van der Waals surface area contributed by atoms with E-state index >= 15 is 0 Å². The highest BCUT2D eigenvalue weighted by Crippen LogP contribution is 2.35. The predicted molar refractivity (Wildman–Crippen MR) is 122 cm³/mol. The SMILES string of the molecule is O=C(C1CCC(NS(=O)(=O)c2ccc(C(F)(F)F)cc2)CC1)N1CCCCC1c1ccccc1. The Bertz CT molecular complexity index is 1080. The zero-order valence-electron chi connectivity index (χ0n) is 18.8. The molecule has 9 heteroatoms. The summed E-state index contributed by atoms with van der Waals surface area (Å²) in [5.41, 5.74) is 0.255. The number of carbonyl (C=O) groups excluding carboxylic acids is 1. The van der Waals surface area contributed by atoms with Crippen molar-refractivity contribution in [1.29, 1.82) is 0 Å². The Morgan fingerprint density at radius 2 is 1.53 bits per heavy atom. The number of piperidine rings is 1. The second kappa shape index (κ2) is 10.1. The number of carbonyl (C=O) groups is 1. The molecular weight excluding hydrogens is 465 g/mol. The van der Waals surface area contributed by atoms with E-state index in [1.165, 1.54) is 0 Å². The lowest BCUT2D eigenvalue weighted by Gasteiger charge is -2.39. The van der Waals surface area contributed by atoms with Crippen LogP contribution in [0.1, 0.15) is 62.1 Å². The van der Waals surface area contributed by atoms with E-state index in [1.807, 2.05) is 23.1 Å². The molecule has 1 saturated heterocycles. The van der Waals surface area contributed by atoms with Crippen molar-refractivity contribution in [2.45, 2.75) is 68.1 Å². The van der Waals surface area contributed by atoms with E-state index < -0.39 is 21.8 Å². The third kappa shape index (κ3) is 5.63. The Labute approximate surface area is 198 Å².